The molecule has 2 aromatic heterocycles. The third kappa shape index (κ3) is 5.53. The second kappa shape index (κ2) is 12.3. The number of aryl methyl sites for hydroxylation is 1. The van der Waals surface area contributed by atoms with Crippen LogP contribution in [-0.4, -0.2) is 75.3 Å². The number of rotatable bonds is 10. The van der Waals surface area contributed by atoms with Crippen LogP contribution in [0.2, 0.25) is 5.02 Å². The van der Waals surface area contributed by atoms with Crippen LogP contribution >= 0.6 is 11.6 Å². The Bertz CT molecular complexity index is 1860. The van der Waals surface area contributed by atoms with Crippen LogP contribution in [0.25, 0.3) is 22.4 Å². The second-order valence-electron chi connectivity index (χ2n) is 11.6. The molecule has 2 fully saturated rings. The minimum absolute atomic E-state index is 0.00426. The number of halogens is 3. The molecule has 2 aromatic carbocycles. The number of nitrogens with zero attached hydrogens (tertiary/aromatic N) is 5. The zero-order valence-electron chi connectivity index (χ0n) is 25.6. The van der Waals surface area contributed by atoms with Crippen LogP contribution in [0.5, 0.6) is 0 Å². The molecule has 3 amide bonds. The lowest BCUT2D eigenvalue weighted by Crippen LogP contribution is -2.34. The Balaban J connectivity index is 1.16. The molecular formula is C32H32ClF2N7O4. The van der Waals surface area contributed by atoms with Gasteiger partial charge in [-0.2, -0.15) is 5.10 Å². The van der Waals surface area contributed by atoms with E-state index in [-0.39, 0.29) is 57.0 Å². The largest absolute Gasteiger partial charge is 0.383 e. The maximum Gasteiger partial charge on any atom is 0.291 e. The Hall–Kier alpha value is -4.62. The minimum Gasteiger partial charge on any atom is -0.383 e. The Morgan fingerprint density at radius 2 is 1.78 bits per heavy atom. The average Bonchev–Trinajstić information content (AvgIpc) is 3.34. The minimum atomic E-state index is -1.08. The lowest BCUT2D eigenvalue weighted by atomic mass is 10.00. The maximum atomic E-state index is 15.5. The molecule has 1 saturated heterocycles. The van der Waals surface area contributed by atoms with Crippen molar-refractivity contribution in [2.45, 2.75) is 26.4 Å². The quantitative estimate of drug-likeness (QED) is 0.248. The fourth-order valence-electron chi connectivity index (χ4n) is 6.35. The van der Waals surface area contributed by atoms with Gasteiger partial charge < -0.3 is 24.8 Å². The first-order chi connectivity index (χ1) is 22.0. The number of fused-ring (bicyclic) bond motifs is 1. The smallest absolute Gasteiger partial charge is 0.291 e. The number of ether oxygens (including phenoxy) is 1. The van der Waals surface area contributed by atoms with Crippen molar-refractivity contribution >= 4 is 35.5 Å². The van der Waals surface area contributed by atoms with E-state index in [0.29, 0.717) is 48.9 Å². The fourth-order valence-corrected chi connectivity index (χ4v) is 6.61. The molecule has 0 spiro atoms. The van der Waals surface area contributed by atoms with E-state index in [2.05, 4.69) is 20.7 Å². The standard InChI is InChI=1S/C32H32ClF2N7O4/c1-16-26(17(2)42(39-16)9-10-46-4)21-8-7-20(27(34)28(21)35)25-12-36-30(40(25)3)32(45)37-18-5-6-19(24(33)11-18)31(44)38-29-22-13-41(15-43)14-23(22)29/h5-8,11-12,15,22-23,29H,9-10,13-14H2,1-4H3,(H,37,45)(H,38,44)/t22-,23+,29?. The van der Waals surface area contributed by atoms with Crippen molar-refractivity contribution in [3.63, 3.8) is 0 Å². The van der Waals surface area contributed by atoms with Crippen LogP contribution in [0, 0.1) is 37.3 Å². The first-order valence-corrected chi connectivity index (χ1v) is 15.1. The van der Waals surface area contributed by atoms with Gasteiger partial charge in [-0.05, 0) is 38.1 Å². The van der Waals surface area contributed by atoms with Crippen LogP contribution in [0.4, 0.5) is 14.5 Å². The van der Waals surface area contributed by atoms with Gasteiger partial charge in [0.05, 0.1) is 41.3 Å². The number of nitrogens with one attached hydrogen (secondary N) is 2. The Morgan fingerprint density at radius 3 is 2.46 bits per heavy atom. The second-order valence-corrected chi connectivity index (χ2v) is 12.0. The third-order valence-electron chi connectivity index (χ3n) is 8.85. The predicted octanol–water partition coefficient (Wildman–Crippen LogP) is 4.21. The number of benzene rings is 2. The van der Waals surface area contributed by atoms with E-state index in [1.165, 1.54) is 42.1 Å². The van der Waals surface area contributed by atoms with Gasteiger partial charge in [0.1, 0.15) is 0 Å². The molecule has 6 rings (SSSR count). The summed E-state index contributed by atoms with van der Waals surface area (Å²) in [6.45, 7) is 5.68. The number of methoxy groups -OCH3 is 1. The highest BCUT2D eigenvalue weighted by Gasteiger charge is 2.56. The molecule has 1 saturated carbocycles. The number of likely N-dealkylation sites (tertiary alicyclic amines) is 1. The van der Waals surface area contributed by atoms with Crippen molar-refractivity contribution < 1.29 is 27.9 Å². The van der Waals surface area contributed by atoms with Gasteiger partial charge in [0.15, 0.2) is 17.5 Å². The van der Waals surface area contributed by atoms with Gasteiger partial charge in [-0.3, -0.25) is 19.1 Å². The molecule has 1 aliphatic carbocycles. The number of amides is 3. The Morgan fingerprint density at radius 1 is 1.09 bits per heavy atom. The van der Waals surface area contributed by atoms with E-state index < -0.39 is 17.5 Å². The van der Waals surface area contributed by atoms with Crippen LogP contribution in [0.1, 0.15) is 32.4 Å². The van der Waals surface area contributed by atoms with E-state index in [9.17, 15) is 14.4 Å². The van der Waals surface area contributed by atoms with Gasteiger partial charge in [-0.25, -0.2) is 13.8 Å². The first-order valence-electron chi connectivity index (χ1n) is 14.7. The monoisotopic (exact) mass is 651 g/mol. The molecule has 2 N–H and O–H groups in total. The highest BCUT2D eigenvalue weighted by molar-refractivity contribution is 6.34. The van der Waals surface area contributed by atoms with E-state index in [1.54, 1.807) is 36.6 Å². The number of imidazole rings is 1. The van der Waals surface area contributed by atoms with E-state index in [1.807, 2.05) is 0 Å². The SMILES string of the molecule is COCCn1nc(C)c(-c2ccc(-c3cnc(C(=O)Nc4ccc(C(=O)NC5[C@H]6CN(C=O)C[C@@H]56)c(Cl)c4)n3C)c(F)c2F)c1C. The molecule has 11 nitrogen and oxygen atoms in total. The van der Waals surface area contributed by atoms with Gasteiger partial charge >= 0.3 is 0 Å². The number of carbonyl (C=O) groups is 3. The number of aromatic nitrogens is 4. The molecule has 4 aromatic rings. The summed E-state index contributed by atoms with van der Waals surface area (Å²) in [7, 11) is 3.10. The molecule has 46 heavy (non-hydrogen) atoms. The van der Waals surface area contributed by atoms with Gasteiger partial charge in [-0.1, -0.05) is 17.7 Å². The van der Waals surface area contributed by atoms with E-state index >= 15 is 8.78 Å². The molecule has 1 unspecified atom stereocenters. The van der Waals surface area contributed by atoms with Gasteiger partial charge in [0, 0.05) is 73.2 Å². The summed E-state index contributed by atoms with van der Waals surface area (Å²) < 4.78 is 39.3. The van der Waals surface area contributed by atoms with Gasteiger partial charge in [0.25, 0.3) is 11.8 Å². The van der Waals surface area contributed by atoms with Crippen molar-refractivity contribution in [2.75, 3.05) is 32.1 Å². The van der Waals surface area contributed by atoms with Crippen LogP contribution < -0.4 is 10.6 Å². The van der Waals surface area contributed by atoms with Crippen LogP contribution in [0.15, 0.2) is 36.5 Å². The zero-order valence-corrected chi connectivity index (χ0v) is 26.4. The lowest BCUT2D eigenvalue weighted by Gasteiger charge is -2.15. The van der Waals surface area contributed by atoms with Gasteiger partial charge in [-0.15, -0.1) is 0 Å². The zero-order chi connectivity index (χ0) is 32.9. The summed E-state index contributed by atoms with van der Waals surface area (Å²) in [6.07, 6.45) is 2.12. The molecule has 0 radical (unpaired) electrons. The molecular weight excluding hydrogens is 620 g/mol. The van der Waals surface area contributed by atoms with Crippen molar-refractivity contribution in [1.29, 1.82) is 0 Å². The van der Waals surface area contributed by atoms with E-state index in [4.69, 9.17) is 16.3 Å². The van der Waals surface area contributed by atoms with E-state index in [0.717, 1.165) is 6.41 Å². The van der Waals surface area contributed by atoms with Crippen molar-refractivity contribution in [2.24, 2.45) is 18.9 Å². The normalized spacial score (nSPS) is 18.4. The number of anilines is 1. The molecule has 1 aliphatic heterocycles. The summed E-state index contributed by atoms with van der Waals surface area (Å²) in [4.78, 5) is 42.7. The van der Waals surface area contributed by atoms with Crippen molar-refractivity contribution in [3.8, 4) is 22.4 Å². The summed E-state index contributed by atoms with van der Waals surface area (Å²) in [6, 6.07) is 7.46. The maximum absolute atomic E-state index is 15.5. The van der Waals surface area contributed by atoms with Crippen molar-refractivity contribution in [1.82, 2.24) is 29.5 Å². The molecule has 2 aliphatic rings. The highest BCUT2D eigenvalue weighted by atomic mass is 35.5. The summed E-state index contributed by atoms with van der Waals surface area (Å²) in [5, 5.41) is 10.2. The third-order valence-corrected chi connectivity index (χ3v) is 9.16. The van der Waals surface area contributed by atoms with Crippen molar-refractivity contribution in [3.05, 3.63) is 76.0 Å². The molecule has 240 valence electrons. The van der Waals surface area contributed by atoms with Crippen LogP contribution in [-0.2, 0) is 23.1 Å². The molecule has 0 bridgehead atoms. The molecule has 3 heterocycles. The fraction of sp³-hybridized carbons (Fsp3) is 0.344. The topological polar surface area (TPSA) is 123 Å². The summed E-state index contributed by atoms with van der Waals surface area (Å²) >= 11 is 6.40. The first kappa shape index (κ1) is 31.4. The summed E-state index contributed by atoms with van der Waals surface area (Å²) in [5.41, 5.74) is 2.55. The van der Waals surface area contributed by atoms with Crippen LogP contribution in [0.3, 0.4) is 0 Å². The Kier molecular flexibility index (Phi) is 8.38. The molecule has 3 atom stereocenters. The van der Waals surface area contributed by atoms with Gasteiger partial charge in [0.2, 0.25) is 6.41 Å². The predicted molar refractivity (Wildman–Crippen MR) is 166 cm³/mol. The summed E-state index contributed by atoms with van der Waals surface area (Å²) in [5.74, 6) is -2.60. The number of carbonyl (C=O) groups excluding carboxylic acids is 3. The number of hydrogen-bond acceptors (Lipinski definition) is 6. The highest BCUT2D eigenvalue weighted by Crippen LogP contribution is 2.45. The number of piperidine rings is 1. The molecule has 14 heteroatoms. The Labute approximate surface area is 268 Å². The average molecular weight is 652 g/mol. The lowest BCUT2D eigenvalue weighted by molar-refractivity contribution is -0.117. The number of hydrogen-bond donors (Lipinski definition) is 2.